The summed E-state index contributed by atoms with van der Waals surface area (Å²) in [7, 11) is 0. The van der Waals surface area contributed by atoms with Gasteiger partial charge in [-0.25, -0.2) is 0 Å². The van der Waals surface area contributed by atoms with Gasteiger partial charge in [0.1, 0.15) is 13.2 Å². The average Bonchev–Trinajstić information content (AvgIpc) is 3.29. The fourth-order valence-corrected chi connectivity index (χ4v) is 7.97. The van der Waals surface area contributed by atoms with Crippen LogP contribution in [0.2, 0.25) is 0 Å². The van der Waals surface area contributed by atoms with Crippen LogP contribution in [0.3, 0.4) is 0 Å². The second kappa shape index (κ2) is 53.0. The van der Waals surface area contributed by atoms with E-state index in [0.717, 1.165) is 77.0 Å². The first kappa shape index (κ1) is 61.4. The maximum absolute atomic E-state index is 12.8. The summed E-state index contributed by atoms with van der Waals surface area (Å²) in [6.45, 7) is 6.52. The van der Waals surface area contributed by atoms with Gasteiger partial charge in [0.05, 0.1) is 0 Å². The van der Waals surface area contributed by atoms with Crippen LogP contribution in [0.5, 0.6) is 0 Å². The monoisotopic (exact) mass is 897 g/mol. The Balaban J connectivity index is 4.38. The molecule has 64 heavy (non-hydrogen) atoms. The van der Waals surface area contributed by atoms with E-state index in [1.54, 1.807) is 0 Å². The third kappa shape index (κ3) is 50.4. The summed E-state index contributed by atoms with van der Waals surface area (Å²) in [4.78, 5) is 38.1. The lowest BCUT2D eigenvalue weighted by atomic mass is 10.0. The molecule has 1 atom stereocenters. The van der Waals surface area contributed by atoms with Gasteiger partial charge in [0.15, 0.2) is 6.10 Å². The third-order valence-electron chi connectivity index (χ3n) is 12.1. The highest BCUT2D eigenvalue weighted by atomic mass is 16.6. The number of ether oxygens (including phenoxy) is 3. The summed E-state index contributed by atoms with van der Waals surface area (Å²) in [6.07, 6.45) is 63.8. The summed E-state index contributed by atoms with van der Waals surface area (Å²) in [6, 6.07) is 0. The van der Waals surface area contributed by atoms with E-state index in [1.165, 1.54) is 167 Å². The minimum absolute atomic E-state index is 0.0779. The quantitative estimate of drug-likeness (QED) is 0.0199. The minimum Gasteiger partial charge on any atom is -0.462 e. The third-order valence-corrected chi connectivity index (χ3v) is 12.1. The highest BCUT2D eigenvalue weighted by Crippen LogP contribution is 2.16. The van der Waals surface area contributed by atoms with Gasteiger partial charge in [0.2, 0.25) is 0 Å². The van der Waals surface area contributed by atoms with E-state index in [-0.39, 0.29) is 31.1 Å². The molecular weight excluding hydrogens is 793 g/mol. The van der Waals surface area contributed by atoms with Crippen LogP contribution in [0, 0.1) is 0 Å². The van der Waals surface area contributed by atoms with E-state index in [9.17, 15) is 14.4 Å². The van der Waals surface area contributed by atoms with Crippen LogP contribution >= 0.6 is 0 Å². The molecule has 0 aliphatic heterocycles. The first-order valence-electron chi connectivity index (χ1n) is 27.7. The molecule has 1 unspecified atom stereocenters. The molecule has 6 nitrogen and oxygen atoms in total. The van der Waals surface area contributed by atoms with Gasteiger partial charge in [-0.2, -0.15) is 0 Å². The van der Waals surface area contributed by atoms with Gasteiger partial charge in [-0.05, 0) is 64.2 Å². The first-order valence-corrected chi connectivity index (χ1v) is 27.7. The van der Waals surface area contributed by atoms with Gasteiger partial charge < -0.3 is 14.2 Å². The number of allylic oxidation sites excluding steroid dienone is 8. The Hall–Kier alpha value is -2.63. The number of hydrogen-bond acceptors (Lipinski definition) is 6. The molecule has 0 N–H and O–H groups in total. The molecule has 0 aromatic rings. The fraction of sp³-hybridized carbons (Fsp3) is 0.810. The zero-order valence-electron chi connectivity index (χ0n) is 42.6. The van der Waals surface area contributed by atoms with E-state index in [1.807, 2.05) is 0 Å². The van der Waals surface area contributed by atoms with Crippen molar-refractivity contribution in [3.63, 3.8) is 0 Å². The molecule has 0 bridgehead atoms. The van der Waals surface area contributed by atoms with Crippen molar-refractivity contribution in [3.8, 4) is 0 Å². The molecule has 0 amide bonds. The van der Waals surface area contributed by atoms with Crippen molar-refractivity contribution in [1.29, 1.82) is 0 Å². The Bertz CT molecular complexity index is 1120. The van der Waals surface area contributed by atoms with Gasteiger partial charge in [-0.1, -0.05) is 249 Å². The van der Waals surface area contributed by atoms with Crippen molar-refractivity contribution in [2.24, 2.45) is 0 Å². The number of rotatable bonds is 50. The summed E-state index contributed by atoms with van der Waals surface area (Å²) in [5, 5.41) is 0. The largest absolute Gasteiger partial charge is 0.462 e. The molecule has 0 aromatic heterocycles. The molecule has 6 heteroatoms. The molecule has 0 saturated heterocycles. The average molecular weight is 897 g/mol. The smallest absolute Gasteiger partial charge is 0.306 e. The number of unbranched alkanes of at least 4 members (excludes halogenated alkanes) is 33. The van der Waals surface area contributed by atoms with E-state index in [4.69, 9.17) is 14.2 Å². The molecule has 0 heterocycles. The minimum atomic E-state index is -0.780. The van der Waals surface area contributed by atoms with Crippen molar-refractivity contribution in [3.05, 3.63) is 48.6 Å². The molecule has 0 spiro atoms. The summed E-state index contributed by atoms with van der Waals surface area (Å²) < 4.78 is 16.8. The second-order valence-corrected chi connectivity index (χ2v) is 18.5. The molecule has 0 aliphatic rings. The molecule has 0 rings (SSSR count). The predicted octanol–water partition coefficient (Wildman–Crippen LogP) is 18.3. The van der Waals surface area contributed by atoms with Crippen LogP contribution in [0.15, 0.2) is 48.6 Å². The fourth-order valence-electron chi connectivity index (χ4n) is 7.97. The van der Waals surface area contributed by atoms with Gasteiger partial charge >= 0.3 is 17.9 Å². The van der Waals surface area contributed by atoms with Crippen molar-refractivity contribution < 1.29 is 28.6 Å². The maximum atomic E-state index is 12.8. The topological polar surface area (TPSA) is 78.9 Å². The maximum Gasteiger partial charge on any atom is 0.306 e. The van der Waals surface area contributed by atoms with Crippen LogP contribution in [-0.4, -0.2) is 37.2 Å². The van der Waals surface area contributed by atoms with Gasteiger partial charge in [0, 0.05) is 19.3 Å². The Morgan fingerprint density at radius 2 is 0.625 bits per heavy atom. The summed E-state index contributed by atoms with van der Waals surface area (Å²) in [5.74, 6) is -0.886. The van der Waals surface area contributed by atoms with Crippen molar-refractivity contribution in [2.75, 3.05) is 13.2 Å². The van der Waals surface area contributed by atoms with Crippen molar-refractivity contribution in [2.45, 2.75) is 290 Å². The standard InChI is InChI=1S/C58H104O6/c1-4-7-10-13-16-19-22-25-28-31-33-36-39-42-45-48-51-57(60)63-54-55(64-58(61)52-49-46-43-40-37-34-30-27-24-21-18-15-12-9-6-3)53-62-56(59)50-47-44-41-38-35-32-29-26-23-20-17-14-11-8-5-2/h9,12,15,18,21,24,28,31,55H,4-8,10-11,13-14,16-17,19-20,22-23,25-27,29-30,32-54H2,1-3H3/b12-9-,18-15-,24-21-,31-28-. The van der Waals surface area contributed by atoms with Crippen molar-refractivity contribution >= 4 is 17.9 Å². The Labute approximate surface area is 397 Å². The van der Waals surface area contributed by atoms with Crippen LogP contribution in [-0.2, 0) is 28.6 Å². The Morgan fingerprint density at radius 3 is 0.984 bits per heavy atom. The Kier molecular flexibility index (Phi) is 50.8. The second-order valence-electron chi connectivity index (χ2n) is 18.5. The first-order chi connectivity index (χ1) is 31.5. The molecular formula is C58H104O6. The van der Waals surface area contributed by atoms with Crippen molar-refractivity contribution in [1.82, 2.24) is 0 Å². The molecule has 0 radical (unpaired) electrons. The van der Waals surface area contributed by atoms with Crippen LogP contribution in [0.4, 0.5) is 0 Å². The van der Waals surface area contributed by atoms with E-state index in [2.05, 4.69) is 69.4 Å². The van der Waals surface area contributed by atoms with Crippen LogP contribution in [0.1, 0.15) is 284 Å². The molecule has 372 valence electrons. The number of hydrogen-bond donors (Lipinski definition) is 0. The Morgan fingerprint density at radius 1 is 0.328 bits per heavy atom. The van der Waals surface area contributed by atoms with E-state index < -0.39 is 6.10 Å². The van der Waals surface area contributed by atoms with E-state index >= 15 is 0 Å². The molecule has 0 aliphatic carbocycles. The number of carbonyl (C=O) groups excluding carboxylic acids is 3. The molecule has 0 fully saturated rings. The highest BCUT2D eigenvalue weighted by Gasteiger charge is 2.19. The number of esters is 3. The predicted molar refractivity (Wildman–Crippen MR) is 275 cm³/mol. The zero-order valence-corrected chi connectivity index (χ0v) is 42.6. The normalized spacial score (nSPS) is 12.4. The van der Waals surface area contributed by atoms with E-state index in [0.29, 0.717) is 19.3 Å². The SMILES string of the molecule is CC\C=C/C=C\C=C/CCCCCCCCCC(=O)OC(COC(=O)CCCCCCC/C=C\CCCCCCCCC)COC(=O)CCCCCCCCCCCCCCCCC. The molecule has 0 aromatic carbocycles. The summed E-state index contributed by atoms with van der Waals surface area (Å²) in [5.41, 5.74) is 0. The van der Waals surface area contributed by atoms with Crippen LogP contribution in [0.25, 0.3) is 0 Å². The number of carbonyl (C=O) groups is 3. The molecule has 0 saturated carbocycles. The lowest BCUT2D eigenvalue weighted by Crippen LogP contribution is -2.30. The lowest BCUT2D eigenvalue weighted by molar-refractivity contribution is -0.167. The lowest BCUT2D eigenvalue weighted by Gasteiger charge is -2.18. The highest BCUT2D eigenvalue weighted by molar-refractivity contribution is 5.71. The van der Waals surface area contributed by atoms with Gasteiger partial charge in [0.25, 0.3) is 0 Å². The zero-order chi connectivity index (χ0) is 46.5. The van der Waals surface area contributed by atoms with Crippen LogP contribution < -0.4 is 0 Å². The summed E-state index contributed by atoms with van der Waals surface area (Å²) >= 11 is 0. The van der Waals surface area contributed by atoms with Gasteiger partial charge in [-0.15, -0.1) is 0 Å². The van der Waals surface area contributed by atoms with Gasteiger partial charge in [-0.3, -0.25) is 14.4 Å².